The summed E-state index contributed by atoms with van der Waals surface area (Å²) in [6.45, 7) is 3.90. The standard InChI is InChI=1S/C26H38FN7O2/c1-3-18(27)15-29-26-30-16-22(24(33-26)31-19-5-7-21(35)8-6-19)23-9-4-17(14-28-23)25(36)32-20-10-12-34(2)13-11-20/h4,9,14,16,18-21,35H,3,5-8,10-13,15H2,1-2H3,(H,32,36)(H2,29,30,31,33)/t18-,19-,21-/m0/s1. The van der Waals surface area contributed by atoms with Gasteiger partial charge in [-0.3, -0.25) is 9.78 Å². The number of amides is 1. The van der Waals surface area contributed by atoms with Crippen LogP contribution in [0.15, 0.2) is 24.5 Å². The van der Waals surface area contributed by atoms with Crippen LogP contribution < -0.4 is 16.0 Å². The third-order valence-corrected chi connectivity index (χ3v) is 7.11. The number of alkyl halides is 1. The summed E-state index contributed by atoms with van der Waals surface area (Å²) in [6.07, 6.45) is 7.48. The maximum Gasteiger partial charge on any atom is 0.253 e. The molecule has 10 heteroatoms. The molecule has 4 rings (SSSR count). The van der Waals surface area contributed by atoms with Crippen molar-refractivity contribution in [2.75, 3.05) is 37.3 Å². The highest BCUT2D eigenvalue weighted by Gasteiger charge is 2.23. The predicted octanol–water partition coefficient (Wildman–Crippen LogP) is 3.24. The largest absolute Gasteiger partial charge is 0.393 e. The fraction of sp³-hybridized carbons (Fsp3) is 0.615. The summed E-state index contributed by atoms with van der Waals surface area (Å²) in [7, 11) is 2.09. The van der Waals surface area contributed by atoms with Crippen molar-refractivity contribution in [1.29, 1.82) is 0 Å². The number of aliphatic hydroxyl groups excluding tert-OH is 1. The maximum absolute atomic E-state index is 13.7. The molecule has 0 radical (unpaired) electrons. The van der Waals surface area contributed by atoms with Gasteiger partial charge in [0.15, 0.2) is 0 Å². The van der Waals surface area contributed by atoms with E-state index >= 15 is 0 Å². The highest BCUT2D eigenvalue weighted by Crippen LogP contribution is 2.29. The normalized spacial score (nSPS) is 22.1. The van der Waals surface area contributed by atoms with Crippen LogP contribution in [0.3, 0.4) is 0 Å². The molecule has 2 aromatic heterocycles. The molecule has 1 saturated carbocycles. The number of hydrogen-bond donors (Lipinski definition) is 4. The number of nitrogens with one attached hydrogen (secondary N) is 3. The topological polar surface area (TPSA) is 115 Å². The van der Waals surface area contributed by atoms with E-state index < -0.39 is 6.17 Å². The van der Waals surface area contributed by atoms with Gasteiger partial charge in [-0.25, -0.2) is 9.37 Å². The molecule has 0 unspecified atom stereocenters. The molecule has 0 spiro atoms. The van der Waals surface area contributed by atoms with E-state index in [1.165, 1.54) is 0 Å². The summed E-state index contributed by atoms with van der Waals surface area (Å²) in [5.74, 6) is 0.842. The summed E-state index contributed by atoms with van der Waals surface area (Å²) in [5, 5.41) is 19.4. The number of aliphatic hydroxyl groups is 1. The Morgan fingerprint density at radius 2 is 1.86 bits per heavy atom. The molecule has 1 atom stereocenters. The molecule has 1 aliphatic carbocycles. The smallest absolute Gasteiger partial charge is 0.253 e. The van der Waals surface area contributed by atoms with Gasteiger partial charge in [0.25, 0.3) is 5.91 Å². The molecule has 196 valence electrons. The van der Waals surface area contributed by atoms with E-state index in [9.17, 15) is 14.3 Å². The lowest BCUT2D eigenvalue weighted by Crippen LogP contribution is -2.43. The second kappa shape index (κ2) is 12.4. The Morgan fingerprint density at radius 3 is 2.53 bits per heavy atom. The summed E-state index contributed by atoms with van der Waals surface area (Å²) < 4.78 is 13.7. The van der Waals surface area contributed by atoms with Crippen LogP contribution >= 0.6 is 0 Å². The first-order valence-corrected chi connectivity index (χ1v) is 13.1. The van der Waals surface area contributed by atoms with Gasteiger partial charge in [0.2, 0.25) is 5.95 Å². The Hall–Kier alpha value is -2.85. The van der Waals surface area contributed by atoms with Gasteiger partial charge in [0.1, 0.15) is 12.0 Å². The Kier molecular flexibility index (Phi) is 9.03. The van der Waals surface area contributed by atoms with Crippen molar-refractivity contribution in [3.05, 3.63) is 30.1 Å². The van der Waals surface area contributed by atoms with Crippen LogP contribution in [-0.2, 0) is 0 Å². The minimum Gasteiger partial charge on any atom is -0.393 e. The van der Waals surface area contributed by atoms with E-state index in [4.69, 9.17) is 0 Å². The molecular weight excluding hydrogens is 461 g/mol. The quantitative estimate of drug-likeness (QED) is 0.416. The van der Waals surface area contributed by atoms with Crippen molar-refractivity contribution in [2.45, 2.75) is 76.2 Å². The van der Waals surface area contributed by atoms with Gasteiger partial charge in [-0.05, 0) is 77.2 Å². The third kappa shape index (κ3) is 7.10. The van der Waals surface area contributed by atoms with Crippen LogP contribution in [0.2, 0.25) is 0 Å². The summed E-state index contributed by atoms with van der Waals surface area (Å²) in [4.78, 5) is 28.5. The monoisotopic (exact) mass is 499 g/mol. The second-order valence-electron chi connectivity index (χ2n) is 9.98. The molecule has 1 amide bonds. The first-order valence-electron chi connectivity index (χ1n) is 13.1. The molecule has 0 bridgehead atoms. The van der Waals surface area contributed by atoms with Crippen molar-refractivity contribution < 1.29 is 14.3 Å². The number of aromatic nitrogens is 3. The lowest BCUT2D eigenvalue weighted by Gasteiger charge is -2.29. The molecule has 4 N–H and O–H groups in total. The first kappa shape index (κ1) is 26.2. The highest BCUT2D eigenvalue weighted by molar-refractivity contribution is 5.94. The second-order valence-corrected chi connectivity index (χ2v) is 9.98. The number of carbonyl (C=O) groups is 1. The number of halogens is 1. The van der Waals surface area contributed by atoms with Crippen molar-refractivity contribution in [2.24, 2.45) is 0 Å². The Balaban J connectivity index is 1.49. The van der Waals surface area contributed by atoms with E-state index in [-0.39, 0.29) is 30.6 Å². The minimum atomic E-state index is -0.973. The Labute approximate surface area is 212 Å². The van der Waals surface area contributed by atoms with Gasteiger partial charge in [-0.15, -0.1) is 0 Å². The molecule has 2 aromatic rings. The first-order chi connectivity index (χ1) is 17.4. The number of piperidine rings is 1. The van der Waals surface area contributed by atoms with E-state index in [1.807, 2.05) is 0 Å². The van der Waals surface area contributed by atoms with Crippen molar-refractivity contribution >= 4 is 17.7 Å². The number of nitrogens with zero attached hydrogens (tertiary/aromatic N) is 4. The van der Waals surface area contributed by atoms with Crippen LogP contribution in [0.4, 0.5) is 16.2 Å². The third-order valence-electron chi connectivity index (χ3n) is 7.11. The van der Waals surface area contributed by atoms with Crippen LogP contribution in [-0.4, -0.2) is 81.9 Å². The summed E-state index contributed by atoms with van der Waals surface area (Å²) in [6, 6.07) is 3.93. The molecule has 1 aliphatic heterocycles. The SMILES string of the molecule is CC[C@H](F)CNc1ncc(-c2ccc(C(=O)NC3CCN(C)CC3)cn2)c(N[C@H]2CC[C@H](O)CC2)n1. The van der Waals surface area contributed by atoms with Crippen molar-refractivity contribution in [3.8, 4) is 11.3 Å². The lowest BCUT2D eigenvalue weighted by molar-refractivity contribution is 0.0916. The summed E-state index contributed by atoms with van der Waals surface area (Å²) >= 11 is 0. The van der Waals surface area contributed by atoms with Gasteiger partial charge in [-0.2, -0.15) is 4.98 Å². The highest BCUT2D eigenvalue weighted by atomic mass is 19.1. The molecule has 9 nitrogen and oxygen atoms in total. The van der Waals surface area contributed by atoms with Crippen LogP contribution in [0.1, 0.15) is 62.2 Å². The molecule has 3 heterocycles. The van der Waals surface area contributed by atoms with Crippen LogP contribution in [0.5, 0.6) is 0 Å². The minimum absolute atomic E-state index is 0.116. The number of hydrogen-bond acceptors (Lipinski definition) is 8. The molecule has 2 aliphatic rings. The molecular formula is C26H38FN7O2. The fourth-order valence-corrected chi connectivity index (χ4v) is 4.63. The average molecular weight is 500 g/mol. The van der Waals surface area contributed by atoms with E-state index in [0.29, 0.717) is 35.0 Å². The zero-order valence-electron chi connectivity index (χ0n) is 21.2. The average Bonchev–Trinajstić information content (AvgIpc) is 2.90. The van der Waals surface area contributed by atoms with E-state index in [2.05, 4.69) is 42.8 Å². The Morgan fingerprint density at radius 1 is 1.11 bits per heavy atom. The van der Waals surface area contributed by atoms with E-state index in [1.54, 1.807) is 31.5 Å². The zero-order valence-corrected chi connectivity index (χ0v) is 21.2. The van der Waals surface area contributed by atoms with Gasteiger partial charge < -0.3 is 26.0 Å². The number of rotatable bonds is 9. The number of pyridine rings is 1. The van der Waals surface area contributed by atoms with E-state index in [0.717, 1.165) is 51.6 Å². The predicted molar refractivity (Wildman–Crippen MR) is 139 cm³/mol. The van der Waals surface area contributed by atoms with Gasteiger partial charge in [0.05, 0.1) is 22.9 Å². The maximum atomic E-state index is 13.7. The zero-order chi connectivity index (χ0) is 25.5. The summed E-state index contributed by atoms with van der Waals surface area (Å²) in [5.41, 5.74) is 1.87. The fourth-order valence-electron chi connectivity index (χ4n) is 4.63. The van der Waals surface area contributed by atoms with Crippen LogP contribution in [0.25, 0.3) is 11.3 Å². The molecule has 1 saturated heterocycles. The van der Waals surface area contributed by atoms with Crippen molar-refractivity contribution in [3.63, 3.8) is 0 Å². The molecule has 36 heavy (non-hydrogen) atoms. The molecule has 2 fully saturated rings. The van der Waals surface area contributed by atoms with Gasteiger partial charge in [0, 0.05) is 31.0 Å². The van der Waals surface area contributed by atoms with Gasteiger partial charge in [-0.1, -0.05) is 6.92 Å². The number of carbonyl (C=O) groups excluding carboxylic acids is 1. The number of likely N-dealkylation sites (tertiary alicyclic amines) is 1. The molecule has 0 aromatic carbocycles. The lowest BCUT2D eigenvalue weighted by atomic mass is 9.93. The van der Waals surface area contributed by atoms with Gasteiger partial charge >= 0.3 is 0 Å². The van der Waals surface area contributed by atoms with Crippen molar-refractivity contribution in [1.82, 2.24) is 25.2 Å². The Bertz CT molecular complexity index is 990. The number of anilines is 2. The van der Waals surface area contributed by atoms with Crippen LogP contribution in [0, 0.1) is 0 Å².